The Balaban J connectivity index is 1.74. The molecule has 0 aromatic heterocycles. The van der Waals surface area contributed by atoms with E-state index in [1.165, 1.54) is 6.07 Å². The van der Waals surface area contributed by atoms with Crippen LogP contribution in [0.4, 0.5) is 0 Å². The molecule has 1 aliphatic rings. The summed E-state index contributed by atoms with van der Waals surface area (Å²) in [6.07, 6.45) is 0.193. The molecule has 6 nitrogen and oxygen atoms in total. The van der Waals surface area contributed by atoms with Gasteiger partial charge in [-0.05, 0) is 28.7 Å². The van der Waals surface area contributed by atoms with Gasteiger partial charge >= 0.3 is 13.1 Å². The van der Waals surface area contributed by atoms with E-state index in [1.807, 2.05) is 30.3 Å². The summed E-state index contributed by atoms with van der Waals surface area (Å²) < 4.78 is 5.09. The Hall–Kier alpha value is -2.64. The fraction of sp³-hybridized carbons (Fsp3) is 0.176. The number of rotatable bonds is 5. The molecule has 1 aliphatic heterocycles. The van der Waals surface area contributed by atoms with Gasteiger partial charge in [-0.2, -0.15) is 0 Å². The Labute approximate surface area is 139 Å². The van der Waals surface area contributed by atoms with E-state index in [-0.39, 0.29) is 12.0 Å². The molecule has 0 saturated carbocycles. The molecule has 0 aliphatic carbocycles. The molecule has 3 N–H and O–H groups in total. The maximum absolute atomic E-state index is 12.4. The molecule has 1 atom stereocenters. The maximum atomic E-state index is 12.4. The Morgan fingerprint density at radius 3 is 2.67 bits per heavy atom. The molecule has 0 fully saturated rings. The summed E-state index contributed by atoms with van der Waals surface area (Å²) in [7, 11) is -1.05. The monoisotopic (exact) mass is 325 g/mol. The Bertz CT molecular complexity index is 765. The van der Waals surface area contributed by atoms with Crippen LogP contribution < -0.4 is 10.8 Å². The second-order valence-electron chi connectivity index (χ2n) is 5.63. The highest BCUT2D eigenvalue weighted by Crippen LogP contribution is 2.12. The minimum atomic E-state index is -1.10. The van der Waals surface area contributed by atoms with Crippen molar-refractivity contribution in [2.45, 2.75) is 19.1 Å². The highest BCUT2D eigenvalue weighted by Gasteiger charge is 2.28. The topological polar surface area (TPSA) is 95.9 Å². The number of fused-ring (bicyclic) bond motifs is 1. The van der Waals surface area contributed by atoms with Crippen molar-refractivity contribution in [3.05, 3.63) is 65.2 Å². The van der Waals surface area contributed by atoms with Gasteiger partial charge in [-0.3, -0.25) is 4.79 Å². The zero-order chi connectivity index (χ0) is 17.1. The van der Waals surface area contributed by atoms with Gasteiger partial charge in [0.1, 0.15) is 6.04 Å². The van der Waals surface area contributed by atoms with Gasteiger partial charge in [-0.15, -0.1) is 0 Å². The summed E-state index contributed by atoms with van der Waals surface area (Å²) in [5, 5.41) is 21.6. The van der Waals surface area contributed by atoms with Crippen molar-refractivity contribution in [2.24, 2.45) is 0 Å². The van der Waals surface area contributed by atoms with Gasteiger partial charge in [0.25, 0.3) is 5.91 Å². The number of nitrogens with one attached hydrogen (secondary N) is 1. The van der Waals surface area contributed by atoms with E-state index >= 15 is 0 Å². The van der Waals surface area contributed by atoms with Gasteiger partial charge in [0.2, 0.25) is 0 Å². The van der Waals surface area contributed by atoms with Crippen molar-refractivity contribution in [1.82, 2.24) is 5.32 Å². The molecule has 0 radical (unpaired) electrons. The van der Waals surface area contributed by atoms with Crippen molar-refractivity contribution in [1.29, 1.82) is 0 Å². The summed E-state index contributed by atoms with van der Waals surface area (Å²) in [5.41, 5.74) is 2.47. The number of carboxylic acid groups (broad SMARTS) is 1. The predicted molar refractivity (Wildman–Crippen MR) is 87.9 cm³/mol. The lowest BCUT2D eigenvalue weighted by Crippen LogP contribution is -2.42. The lowest BCUT2D eigenvalue weighted by atomic mass is 9.78. The first-order valence-electron chi connectivity index (χ1n) is 7.54. The van der Waals surface area contributed by atoms with Gasteiger partial charge in [0, 0.05) is 12.0 Å². The van der Waals surface area contributed by atoms with Crippen LogP contribution in [0.15, 0.2) is 48.5 Å². The number of aliphatic carboxylic acids is 1. The van der Waals surface area contributed by atoms with E-state index in [0.29, 0.717) is 12.1 Å². The lowest BCUT2D eigenvalue weighted by Gasteiger charge is -2.15. The van der Waals surface area contributed by atoms with Crippen LogP contribution in [-0.4, -0.2) is 35.2 Å². The summed E-state index contributed by atoms with van der Waals surface area (Å²) >= 11 is 0. The third-order valence-corrected chi connectivity index (χ3v) is 3.96. The molecule has 122 valence electrons. The zero-order valence-electron chi connectivity index (χ0n) is 12.8. The highest BCUT2D eigenvalue weighted by molar-refractivity contribution is 6.61. The zero-order valence-corrected chi connectivity index (χ0v) is 12.8. The van der Waals surface area contributed by atoms with Gasteiger partial charge in [-0.1, -0.05) is 36.4 Å². The second-order valence-corrected chi connectivity index (χ2v) is 5.63. The van der Waals surface area contributed by atoms with Crippen LogP contribution in [0, 0.1) is 0 Å². The number of amides is 1. The van der Waals surface area contributed by atoms with Crippen molar-refractivity contribution in [2.75, 3.05) is 0 Å². The first-order chi connectivity index (χ1) is 11.5. The fourth-order valence-electron chi connectivity index (χ4n) is 2.65. The van der Waals surface area contributed by atoms with Gasteiger partial charge < -0.3 is 20.1 Å². The second kappa shape index (κ2) is 6.86. The van der Waals surface area contributed by atoms with E-state index in [9.17, 15) is 19.7 Å². The summed E-state index contributed by atoms with van der Waals surface area (Å²) in [4.78, 5) is 23.8. The van der Waals surface area contributed by atoms with Crippen molar-refractivity contribution >= 4 is 24.5 Å². The minimum absolute atomic E-state index is 0.193. The highest BCUT2D eigenvalue weighted by atomic mass is 16.5. The number of carbonyl (C=O) groups is 2. The number of carboxylic acids is 1. The third kappa shape index (κ3) is 3.47. The Morgan fingerprint density at radius 1 is 1.21 bits per heavy atom. The molecular weight excluding hydrogens is 309 g/mol. The molecule has 7 heteroatoms. The largest absolute Gasteiger partial charge is 0.491 e. The molecule has 0 bridgehead atoms. The SMILES string of the molecule is O=C(N[C@H](Cc1ccccc1)C(=O)O)c1ccc2c(c1)B(O)OC2. The number of hydrogen-bond acceptors (Lipinski definition) is 4. The van der Waals surface area contributed by atoms with E-state index in [1.54, 1.807) is 12.1 Å². The minimum Gasteiger partial charge on any atom is -0.480 e. The van der Waals surface area contributed by atoms with Crippen molar-refractivity contribution in [3.8, 4) is 0 Å². The number of carbonyl (C=O) groups excluding carboxylic acids is 1. The van der Waals surface area contributed by atoms with E-state index in [2.05, 4.69) is 5.32 Å². The Kier molecular flexibility index (Phi) is 4.64. The van der Waals surface area contributed by atoms with E-state index < -0.39 is 25.0 Å². The van der Waals surface area contributed by atoms with Crippen LogP contribution in [0.2, 0.25) is 0 Å². The van der Waals surface area contributed by atoms with Gasteiger partial charge in [0.05, 0.1) is 6.61 Å². The lowest BCUT2D eigenvalue weighted by molar-refractivity contribution is -0.139. The number of benzene rings is 2. The average molecular weight is 325 g/mol. The quantitative estimate of drug-likeness (QED) is 0.689. The van der Waals surface area contributed by atoms with E-state index in [0.717, 1.165) is 11.1 Å². The number of hydrogen-bond donors (Lipinski definition) is 3. The molecule has 1 amide bonds. The predicted octanol–water partition coefficient (Wildman–Crippen LogP) is 0.330. The van der Waals surface area contributed by atoms with Crippen molar-refractivity contribution in [3.63, 3.8) is 0 Å². The van der Waals surface area contributed by atoms with Crippen LogP contribution in [0.3, 0.4) is 0 Å². The molecule has 0 unspecified atom stereocenters. The molecule has 0 saturated heterocycles. The Morgan fingerprint density at radius 2 is 1.96 bits per heavy atom. The molecule has 0 spiro atoms. The van der Waals surface area contributed by atoms with Crippen molar-refractivity contribution < 1.29 is 24.4 Å². The average Bonchev–Trinajstić information content (AvgIpc) is 2.95. The molecule has 3 rings (SSSR count). The molecule has 1 heterocycles. The summed E-state index contributed by atoms with van der Waals surface area (Å²) in [6.45, 7) is 0.296. The molecule has 2 aromatic rings. The van der Waals surface area contributed by atoms with Crippen LogP contribution >= 0.6 is 0 Å². The van der Waals surface area contributed by atoms with Crippen LogP contribution in [0.1, 0.15) is 21.5 Å². The molecule has 24 heavy (non-hydrogen) atoms. The third-order valence-electron chi connectivity index (χ3n) is 3.96. The summed E-state index contributed by atoms with van der Waals surface area (Å²) in [5.74, 6) is -1.60. The van der Waals surface area contributed by atoms with Crippen LogP contribution in [-0.2, 0) is 22.5 Å². The molecule has 2 aromatic carbocycles. The fourth-order valence-corrected chi connectivity index (χ4v) is 2.65. The molecular formula is C17H16BNO5. The standard InChI is InChI=1S/C17H16BNO5/c20-16(12-6-7-13-10-24-18(23)14(13)9-12)19-15(17(21)22)8-11-4-2-1-3-5-11/h1-7,9,15,23H,8,10H2,(H,19,20)(H,21,22)/t15-/m1/s1. The van der Waals surface area contributed by atoms with Crippen LogP contribution in [0.5, 0.6) is 0 Å². The first-order valence-corrected chi connectivity index (χ1v) is 7.54. The normalized spacial score (nSPS) is 14.1. The smallest absolute Gasteiger partial charge is 0.480 e. The van der Waals surface area contributed by atoms with Crippen LogP contribution in [0.25, 0.3) is 0 Å². The van der Waals surface area contributed by atoms with Gasteiger partial charge in [0.15, 0.2) is 0 Å². The summed E-state index contributed by atoms with van der Waals surface area (Å²) in [6, 6.07) is 12.9. The van der Waals surface area contributed by atoms with E-state index in [4.69, 9.17) is 4.65 Å². The van der Waals surface area contributed by atoms with Gasteiger partial charge in [-0.25, -0.2) is 4.79 Å². The first kappa shape index (κ1) is 16.2. The maximum Gasteiger partial charge on any atom is 0.491 e.